The highest BCUT2D eigenvalue weighted by molar-refractivity contribution is 5.91. The average molecular weight is 340 g/mol. The topological polar surface area (TPSA) is 95.3 Å². The molecule has 0 unspecified atom stereocenters. The van der Waals surface area contributed by atoms with Crippen molar-refractivity contribution in [2.24, 2.45) is 0 Å². The standard InChI is InChI=1S/C17H16N4O4/c1-24-12-7-11(8-13(9-12)25-2)18-16(22)10-21-17(23)14-5-3-4-6-15(14)19-20-21/h3-9H,10H2,1-2H3,(H,18,22). The highest BCUT2D eigenvalue weighted by atomic mass is 16.5. The molecule has 0 radical (unpaired) electrons. The summed E-state index contributed by atoms with van der Waals surface area (Å²) in [5.74, 6) is 0.664. The summed E-state index contributed by atoms with van der Waals surface area (Å²) in [6, 6.07) is 11.8. The molecule has 0 aliphatic heterocycles. The van der Waals surface area contributed by atoms with Crippen LogP contribution < -0.4 is 20.3 Å². The van der Waals surface area contributed by atoms with Gasteiger partial charge in [0, 0.05) is 23.9 Å². The molecule has 0 fully saturated rings. The van der Waals surface area contributed by atoms with Gasteiger partial charge in [0.2, 0.25) is 5.91 Å². The summed E-state index contributed by atoms with van der Waals surface area (Å²) < 4.78 is 11.3. The zero-order chi connectivity index (χ0) is 17.8. The minimum atomic E-state index is -0.415. The van der Waals surface area contributed by atoms with Gasteiger partial charge in [0.25, 0.3) is 5.56 Å². The van der Waals surface area contributed by atoms with Crippen LogP contribution in [0.15, 0.2) is 47.3 Å². The van der Waals surface area contributed by atoms with Crippen LogP contribution in [0.1, 0.15) is 0 Å². The van der Waals surface area contributed by atoms with Crippen molar-refractivity contribution < 1.29 is 14.3 Å². The van der Waals surface area contributed by atoms with Crippen LogP contribution in [0.3, 0.4) is 0 Å². The van der Waals surface area contributed by atoms with Gasteiger partial charge in [0.05, 0.1) is 19.6 Å². The Morgan fingerprint density at radius 3 is 2.48 bits per heavy atom. The van der Waals surface area contributed by atoms with E-state index in [0.29, 0.717) is 28.1 Å². The van der Waals surface area contributed by atoms with E-state index < -0.39 is 5.91 Å². The third-order valence-electron chi connectivity index (χ3n) is 3.56. The molecule has 0 saturated heterocycles. The second-order valence-electron chi connectivity index (χ2n) is 5.22. The van der Waals surface area contributed by atoms with Gasteiger partial charge in [-0.25, -0.2) is 4.68 Å². The van der Waals surface area contributed by atoms with Crippen molar-refractivity contribution in [1.29, 1.82) is 0 Å². The van der Waals surface area contributed by atoms with E-state index in [1.54, 1.807) is 42.5 Å². The van der Waals surface area contributed by atoms with Crippen LogP contribution in [-0.4, -0.2) is 35.1 Å². The van der Waals surface area contributed by atoms with Crippen molar-refractivity contribution in [2.45, 2.75) is 6.54 Å². The molecule has 0 atom stereocenters. The Labute approximate surface area is 143 Å². The predicted octanol–water partition coefficient (Wildman–Crippen LogP) is 1.45. The number of ether oxygens (including phenoxy) is 2. The maximum atomic E-state index is 12.4. The van der Waals surface area contributed by atoms with Crippen molar-refractivity contribution in [2.75, 3.05) is 19.5 Å². The summed E-state index contributed by atoms with van der Waals surface area (Å²) in [6.45, 7) is -0.254. The van der Waals surface area contributed by atoms with E-state index in [2.05, 4.69) is 15.6 Å². The Morgan fingerprint density at radius 1 is 1.12 bits per heavy atom. The summed E-state index contributed by atoms with van der Waals surface area (Å²) >= 11 is 0. The number of nitrogens with one attached hydrogen (secondary N) is 1. The first-order chi connectivity index (χ1) is 12.1. The number of anilines is 1. The summed E-state index contributed by atoms with van der Waals surface area (Å²) in [5.41, 5.74) is 0.605. The lowest BCUT2D eigenvalue weighted by atomic mass is 10.2. The molecule has 128 valence electrons. The Balaban J connectivity index is 1.81. The Hall–Kier alpha value is -3.42. The van der Waals surface area contributed by atoms with Gasteiger partial charge in [-0.2, -0.15) is 0 Å². The molecule has 1 heterocycles. The third kappa shape index (κ3) is 3.57. The molecule has 1 amide bonds. The molecule has 1 N–H and O–H groups in total. The number of nitrogens with zero attached hydrogens (tertiary/aromatic N) is 3. The Bertz CT molecular complexity index is 962. The van der Waals surface area contributed by atoms with Crippen LogP contribution in [0.25, 0.3) is 10.9 Å². The minimum Gasteiger partial charge on any atom is -0.497 e. The predicted molar refractivity (Wildman–Crippen MR) is 92.0 cm³/mol. The fourth-order valence-corrected chi connectivity index (χ4v) is 2.34. The molecule has 3 rings (SSSR count). The number of benzene rings is 2. The molecule has 0 spiro atoms. The van der Waals surface area contributed by atoms with Crippen LogP contribution in [0.5, 0.6) is 11.5 Å². The van der Waals surface area contributed by atoms with Gasteiger partial charge in [-0.15, -0.1) is 5.10 Å². The van der Waals surface area contributed by atoms with Crippen molar-refractivity contribution in [3.8, 4) is 11.5 Å². The lowest BCUT2D eigenvalue weighted by molar-refractivity contribution is -0.117. The van der Waals surface area contributed by atoms with Gasteiger partial charge in [-0.3, -0.25) is 9.59 Å². The molecule has 3 aromatic rings. The molecular weight excluding hydrogens is 324 g/mol. The number of methoxy groups -OCH3 is 2. The van der Waals surface area contributed by atoms with Crippen molar-refractivity contribution in [1.82, 2.24) is 15.0 Å². The lowest BCUT2D eigenvalue weighted by Gasteiger charge is -2.10. The van der Waals surface area contributed by atoms with Crippen LogP contribution in [0, 0.1) is 0 Å². The zero-order valence-corrected chi connectivity index (χ0v) is 13.7. The molecular formula is C17H16N4O4. The van der Waals surface area contributed by atoms with Gasteiger partial charge in [-0.05, 0) is 12.1 Å². The SMILES string of the molecule is COc1cc(NC(=O)Cn2nnc3ccccc3c2=O)cc(OC)c1. The van der Waals surface area contributed by atoms with Crippen molar-refractivity contribution in [3.05, 3.63) is 52.8 Å². The van der Waals surface area contributed by atoms with E-state index in [4.69, 9.17) is 9.47 Å². The van der Waals surface area contributed by atoms with E-state index in [1.807, 2.05) is 0 Å². The largest absolute Gasteiger partial charge is 0.497 e. The van der Waals surface area contributed by atoms with Gasteiger partial charge >= 0.3 is 0 Å². The number of carbonyl (C=O) groups is 1. The van der Waals surface area contributed by atoms with E-state index in [0.717, 1.165) is 4.68 Å². The molecule has 25 heavy (non-hydrogen) atoms. The van der Waals surface area contributed by atoms with Crippen molar-refractivity contribution >= 4 is 22.5 Å². The van der Waals surface area contributed by atoms with Crippen LogP contribution in [-0.2, 0) is 11.3 Å². The maximum Gasteiger partial charge on any atom is 0.278 e. The maximum absolute atomic E-state index is 12.4. The van der Waals surface area contributed by atoms with Crippen LogP contribution in [0.2, 0.25) is 0 Å². The summed E-state index contributed by atoms with van der Waals surface area (Å²) in [4.78, 5) is 24.6. The second-order valence-corrected chi connectivity index (χ2v) is 5.22. The molecule has 0 bridgehead atoms. The first-order valence-corrected chi connectivity index (χ1v) is 7.46. The number of carbonyl (C=O) groups excluding carboxylic acids is 1. The molecule has 1 aromatic heterocycles. The first-order valence-electron chi connectivity index (χ1n) is 7.46. The van der Waals surface area contributed by atoms with E-state index in [1.165, 1.54) is 14.2 Å². The second kappa shape index (κ2) is 7.00. The van der Waals surface area contributed by atoms with Gasteiger partial charge in [0.15, 0.2) is 0 Å². The number of fused-ring (bicyclic) bond motifs is 1. The average Bonchev–Trinajstić information content (AvgIpc) is 2.63. The van der Waals surface area contributed by atoms with Crippen LogP contribution >= 0.6 is 0 Å². The minimum absolute atomic E-state index is 0.254. The summed E-state index contributed by atoms with van der Waals surface area (Å²) in [5, 5.41) is 10.8. The fourth-order valence-electron chi connectivity index (χ4n) is 2.34. The lowest BCUT2D eigenvalue weighted by Crippen LogP contribution is -2.30. The van der Waals surface area contributed by atoms with E-state index in [9.17, 15) is 9.59 Å². The van der Waals surface area contributed by atoms with Crippen molar-refractivity contribution in [3.63, 3.8) is 0 Å². The third-order valence-corrected chi connectivity index (χ3v) is 3.56. The smallest absolute Gasteiger partial charge is 0.278 e. The van der Waals surface area contributed by atoms with E-state index in [-0.39, 0.29) is 12.1 Å². The molecule has 0 saturated carbocycles. The molecule has 8 nitrogen and oxygen atoms in total. The number of hydrogen-bond acceptors (Lipinski definition) is 6. The quantitative estimate of drug-likeness (QED) is 0.755. The van der Waals surface area contributed by atoms with Gasteiger partial charge < -0.3 is 14.8 Å². The van der Waals surface area contributed by atoms with E-state index >= 15 is 0 Å². The summed E-state index contributed by atoms with van der Waals surface area (Å²) in [6.07, 6.45) is 0. The Morgan fingerprint density at radius 2 is 1.80 bits per heavy atom. The monoisotopic (exact) mass is 340 g/mol. The fraction of sp³-hybridized carbons (Fsp3) is 0.176. The number of hydrogen-bond donors (Lipinski definition) is 1. The highest BCUT2D eigenvalue weighted by Crippen LogP contribution is 2.25. The molecule has 0 aliphatic carbocycles. The van der Waals surface area contributed by atoms with Crippen LogP contribution in [0.4, 0.5) is 5.69 Å². The number of rotatable bonds is 5. The first kappa shape index (κ1) is 16.4. The normalized spacial score (nSPS) is 10.5. The van der Waals surface area contributed by atoms with Gasteiger partial charge in [-0.1, -0.05) is 17.3 Å². The number of amides is 1. The molecule has 8 heteroatoms. The Kier molecular flexibility index (Phi) is 4.60. The van der Waals surface area contributed by atoms with Gasteiger partial charge in [0.1, 0.15) is 23.6 Å². The highest BCUT2D eigenvalue weighted by Gasteiger charge is 2.11. The molecule has 2 aromatic carbocycles. The number of aromatic nitrogens is 3. The zero-order valence-electron chi connectivity index (χ0n) is 13.7. The molecule has 0 aliphatic rings. The summed E-state index contributed by atoms with van der Waals surface area (Å²) in [7, 11) is 3.04.